The highest BCUT2D eigenvalue weighted by Crippen LogP contribution is 2.30. The summed E-state index contributed by atoms with van der Waals surface area (Å²) in [4.78, 5) is 25.2. The van der Waals surface area contributed by atoms with Crippen LogP contribution < -0.4 is 5.32 Å². The Labute approximate surface area is 156 Å². The van der Waals surface area contributed by atoms with Crippen molar-refractivity contribution in [1.29, 1.82) is 0 Å². The number of benzene rings is 1. The number of nitrogens with zero attached hydrogens (tertiary/aromatic N) is 4. The summed E-state index contributed by atoms with van der Waals surface area (Å²) in [7, 11) is 1.96. The lowest BCUT2D eigenvalue weighted by atomic mass is 10.1. The minimum Gasteiger partial charge on any atom is -0.340 e. The van der Waals surface area contributed by atoms with E-state index >= 15 is 0 Å². The van der Waals surface area contributed by atoms with Crippen molar-refractivity contribution >= 4 is 28.3 Å². The maximum atomic E-state index is 13.0. The Morgan fingerprint density at radius 1 is 1.38 bits per heavy atom. The van der Waals surface area contributed by atoms with E-state index in [4.69, 9.17) is 4.98 Å². The van der Waals surface area contributed by atoms with Crippen LogP contribution in [0.15, 0.2) is 29.8 Å². The molecule has 3 heterocycles. The van der Waals surface area contributed by atoms with Gasteiger partial charge in [-0.3, -0.25) is 4.79 Å². The Bertz CT molecular complexity index is 931. The summed E-state index contributed by atoms with van der Waals surface area (Å²) >= 11 is 1.57. The largest absolute Gasteiger partial charge is 0.340 e. The summed E-state index contributed by atoms with van der Waals surface area (Å²) in [6.07, 6.45) is 2.17. The summed E-state index contributed by atoms with van der Waals surface area (Å²) in [6.45, 7) is 3.90. The number of amides is 1. The van der Waals surface area contributed by atoms with Crippen LogP contribution >= 0.6 is 11.3 Å². The van der Waals surface area contributed by atoms with Crippen molar-refractivity contribution in [2.24, 2.45) is 0 Å². The van der Waals surface area contributed by atoms with Gasteiger partial charge in [0.15, 0.2) is 5.82 Å². The first-order chi connectivity index (χ1) is 12.7. The van der Waals surface area contributed by atoms with Crippen LogP contribution in [0.5, 0.6) is 0 Å². The van der Waals surface area contributed by atoms with E-state index in [0.717, 1.165) is 53.4 Å². The number of likely N-dealkylation sites (tertiary alicyclic amines) is 1. The van der Waals surface area contributed by atoms with Crippen molar-refractivity contribution in [3.05, 3.63) is 35.5 Å². The van der Waals surface area contributed by atoms with Gasteiger partial charge in [0, 0.05) is 19.1 Å². The Morgan fingerprint density at radius 2 is 2.23 bits per heavy atom. The van der Waals surface area contributed by atoms with Gasteiger partial charge < -0.3 is 14.8 Å². The number of para-hydroxylation sites is 2. The minimum atomic E-state index is 0.150. The smallest absolute Gasteiger partial charge is 0.242 e. The van der Waals surface area contributed by atoms with Gasteiger partial charge in [-0.25, -0.2) is 9.97 Å². The molecule has 1 aliphatic heterocycles. The highest BCUT2D eigenvalue weighted by atomic mass is 32.1. The van der Waals surface area contributed by atoms with Crippen LogP contribution in [-0.2, 0) is 11.3 Å². The molecule has 26 heavy (non-hydrogen) atoms. The van der Waals surface area contributed by atoms with Crippen LogP contribution in [0.1, 0.15) is 18.5 Å². The third-order valence-electron chi connectivity index (χ3n) is 5.08. The second-order valence-corrected chi connectivity index (χ2v) is 7.60. The lowest BCUT2D eigenvalue weighted by Crippen LogP contribution is -2.47. The number of imidazole rings is 1. The summed E-state index contributed by atoms with van der Waals surface area (Å²) < 4.78 is 2.04. The molecule has 1 aromatic carbocycles. The summed E-state index contributed by atoms with van der Waals surface area (Å²) in [5.74, 6) is 0.984. The fourth-order valence-corrected chi connectivity index (χ4v) is 4.40. The van der Waals surface area contributed by atoms with Crippen LogP contribution in [0.3, 0.4) is 0 Å². The molecular weight excluding hydrogens is 346 g/mol. The number of hydrogen-bond donors (Lipinski definition) is 1. The van der Waals surface area contributed by atoms with Crippen molar-refractivity contribution in [2.75, 3.05) is 20.1 Å². The number of nitrogens with one attached hydrogen (secondary N) is 1. The maximum absolute atomic E-state index is 13.0. The molecule has 3 aromatic rings. The quantitative estimate of drug-likeness (QED) is 0.768. The maximum Gasteiger partial charge on any atom is 0.242 e. The fraction of sp³-hybridized carbons (Fsp3) is 0.421. The van der Waals surface area contributed by atoms with E-state index < -0.39 is 0 Å². The summed E-state index contributed by atoms with van der Waals surface area (Å²) in [5, 5.41) is 3.30. The van der Waals surface area contributed by atoms with Gasteiger partial charge in [0.25, 0.3) is 0 Å². The molecule has 1 saturated heterocycles. The molecule has 1 aliphatic rings. The number of carbonyl (C=O) groups excluding carboxylic acids is 1. The van der Waals surface area contributed by atoms with E-state index in [0.29, 0.717) is 12.6 Å². The summed E-state index contributed by atoms with van der Waals surface area (Å²) in [5.41, 5.74) is 4.69. The Kier molecular flexibility index (Phi) is 4.74. The average molecular weight is 369 g/mol. The highest BCUT2D eigenvalue weighted by Gasteiger charge is 2.25. The van der Waals surface area contributed by atoms with Crippen molar-refractivity contribution in [2.45, 2.75) is 32.4 Å². The first-order valence-electron chi connectivity index (χ1n) is 8.98. The number of piperidine rings is 1. The van der Waals surface area contributed by atoms with E-state index in [1.54, 1.807) is 11.3 Å². The van der Waals surface area contributed by atoms with Gasteiger partial charge in [-0.2, -0.15) is 0 Å². The monoisotopic (exact) mass is 369 g/mol. The Morgan fingerprint density at radius 3 is 3.00 bits per heavy atom. The van der Waals surface area contributed by atoms with E-state index in [9.17, 15) is 4.79 Å². The van der Waals surface area contributed by atoms with Crippen molar-refractivity contribution < 1.29 is 4.79 Å². The molecule has 0 aliphatic carbocycles. The van der Waals surface area contributed by atoms with E-state index in [-0.39, 0.29) is 5.91 Å². The molecule has 0 radical (unpaired) electrons. The molecule has 0 bridgehead atoms. The van der Waals surface area contributed by atoms with Gasteiger partial charge in [0.05, 0.1) is 27.1 Å². The van der Waals surface area contributed by atoms with Crippen LogP contribution in [0.25, 0.3) is 21.7 Å². The molecule has 0 spiro atoms. The number of carbonyl (C=O) groups is 1. The molecule has 136 valence electrons. The second-order valence-electron chi connectivity index (χ2n) is 6.74. The summed E-state index contributed by atoms with van der Waals surface area (Å²) in [6, 6.07) is 8.38. The molecule has 1 atom stereocenters. The number of likely N-dealkylation sites (N-methyl/N-ethyl adjacent to an activating group) is 1. The van der Waals surface area contributed by atoms with E-state index in [1.807, 2.05) is 53.2 Å². The predicted octanol–water partition coefficient (Wildman–Crippen LogP) is 2.68. The van der Waals surface area contributed by atoms with Gasteiger partial charge in [-0.05, 0) is 38.9 Å². The zero-order valence-electron chi connectivity index (χ0n) is 15.1. The SMILES string of the molecule is CNC1CCCN(C(=O)Cn2c(-c3scnc3C)nc3ccccc32)C1. The van der Waals surface area contributed by atoms with Crippen LogP contribution in [-0.4, -0.2) is 51.5 Å². The van der Waals surface area contributed by atoms with Crippen LogP contribution in [0, 0.1) is 6.92 Å². The lowest BCUT2D eigenvalue weighted by Gasteiger charge is -2.32. The third kappa shape index (κ3) is 3.12. The number of rotatable bonds is 4. The molecule has 1 amide bonds. The topological polar surface area (TPSA) is 63.1 Å². The first-order valence-corrected chi connectivity index (χ1v) is 9.86. The van der Waals surface area contributed by atoms with Gasteiger partial charge in [0.1, 0.15) is 6.54 Å². The van der Waals surface area contributed by atoms with Gasteiger partial charge >= 0.3 is 0 Å². The van der Waals surface area contributed by atoms with Crippen molar-refractivity contribution in [1.82, 2.24) is 24.8 Å². The fourth-order valence-electron chi connectivity index (χ4n) is 3.60. The van der Waals surface area contributed by atoms with Gasteiger partial charge in [-0.15, -0.1) is 11.3 Å². The zero-order chi connectivity index (χ0) is 18.1. The molecule has 4 rings (SSSR count). The number of fused-ring (bicyclic) bond motifs is 1. The number of hydrogen-bond acceptors (Lipinski definition) is 5. The molecule has 1 unspecified atom stereocenters. The normalized spacial score (nSPS) is 17.8. The molecular formula is C19H23N5OS. The van der Waals surface area contributed by atoms with Crippen LogP contribution in [0.2, 0.25) is 0 Å². The average Bonchev–Trinajstić information content (AvgIpc) is 3.25. The van der Waals surface area contributed by atoms with Gasteiger partial charge in [0.2, 0.25) is 5.91 Å². The van der Waals surface area contributed by atoms with E-state index in [2.05, 4.69) is 10.3 Å². The number of aromatic nitrogens is 3. The Balaban J connectivity index is 1.69. The zero-order valence-corrected chi connectivity index (χ0v) is 15.9. The number of aryl methyl sites for hydroxylation is 1. The van der Waals surface area contributed by atoms with Crippen LogP contribution in [0.4, 0.5) is 0 Å². The molecule has 2 aromatic heterocycles. The molecule has 0 saturated carbocycles. The van der Waals surface area contributed by atoms with Crippen molar-refractivity contribution in [3.8, 4) is 10.7 Å². The third-order valence-corrected chi connectivity index (χ3v) is 6.00. The highest BCUT2D eigenvalue weighted by molar-refractivity contribution is 7.13. The molecule has 1 N–H and O–H groups in total. The predicted molar refractivity (Wildman–Crippen MR) is 104 cm³/mol. The number of thiazole rings is 1. The minimum absolute atomic E-state index is 0.150. The van der Waals surface area contributed by atoms with Crippen molar-refractivity contribution in [3.63, 3.8) is 0 Å². The second kappa shape index (κ2) is 7.17. The molecule has 7 heteroatoms. The Hall–Kier alpha value is -2.25. The van der Waals surface area contributed by atoms with Gasteiger partial charge in [-0.1, -0.05) is 12.1 Å². The van der Waals surface area contributed by atoms with E-state index in [1.165, 1.54) is 0 Å². The molecule has 1 fully saturated rings. The standard InChI is InChI=1S/C19H23N5OS/c1-13-18(26-12-21-13)19-22-15-7-3-4-8-16(15)24(19)11-17(25)23-9-5-6-14(10-23)20-2/h3-4,7-8,12,14,20H,5-6,9-11H2,1-2H3. The first kappa shape index (κ1) is 17.2. The molecule has 6 nitrogen and oxygen atoms in total. The lowest BCUT2D eigenvalue weighted by molar-refractivity contribution is -0.133.